The number of carbonyl (C=O) groups excluding carboxylic acids is 3. The zero-order chi connectivity index (χ0) is 36.6. The van der Waals surface area contributed by atoms with Gasteiger partial charge in [0.05, 0.1) is 0 Å². The summed E-state index contributed by atoms with van der Waals surface area (Å²) in [6.07, 6.45) is 43.9. The summed E-state index contributed by atoms with van der Waals surface area (Å²) in [6, 6.07) is 0. The minimum absolute atomic E-state index is 0.0860. The van der Waals surface area contributed by atoms with Crippen molar-refractivity contribution in [2.24, 2.45) is 0 Å². The largest absolute Gasteiger partial charge is 0.462 e. The van der Waals surface area contributed by atoms with Crippen LogP contribution in [0.4, 0.5) is 0 Å². The molecule has 6 nitrogen and oxygen atoms in total. The molecule has 0 saturated heterocycles. The maximum absolute atomic E-state index is 12.6. The van der Waals surface area contributed by atoms with Crippen LogP contribution >= 0.6 is 0 Å². The zero-order valence-electron chi connectivity index (χ0n) is 32.7. The predicted molar refractivity (Wildman–Crippen MR) is 210 cm³/mol. The molecule has 0 N–H and O–H groups in total. The van der Waals surface area contributed by atoms with Gasteiger partial charge >= 0.3 is 17.9 Å². The molecule has 50 heavy (non-hydrogen) atoms. The van der Waals surface area contributed by atoms with E-state index in [9.17, 15) is 14.4 Å². The molecule has 0 spiro atoms. The molecule has 288 valence electrons. The Bertz CT molecular complexity index is 902. The van der Waals surface area contributed by atoms with Crippen LogP contribution in [0.5, 0.6) is 0 Å². The third-order valence-corrected chi connectivity index (χ3v) is 8.57. The van der Waals surface area contributed by atoms with Gasteiger partial charge in [-0.05, 0) is 77.0 Å². The van der Waals surface area contributed by atoms with Gasteiger partial charge in [-0.3, -0.25) is 14.4 Å². The fraction of sp³-hybridized carbons (Fsp3) is 0.750. The topological polar surface area (TPSA) is 78.9 Å². The summed E-state index contributed by atoms with van der Waals surface area (Å²) in [4.78, 5) is 37.4. The van der Waals surface area contributed by atoms with Crippen molar-refractivity contribution in [3.8, 4) is 0 Å². The van der Waals surface area contributed by atoms with Gasteiger partial charge in [0.1, 0.15) is 13.2 Å². The Morgan fingerprint density at radius 3 is 1.30 bits per heavy atom. The third-order valence-electron chi connectivity index (χ3n) is 8.57. The van der Waals surface area contributed by atoms with E-state index in [1.54, 1.807) is 0 Å². The van der Waals surface area contributed by atoms with E-state index in [2.05, 4.69) is 69.4 Å². The smallest absolute Gasteiger partial charge is 0.306 e. The maximum atomic E-state index is 12.6. The molecule has 0 aromatic carbocycles. The predicted octanol–water partition coefficient (Wildman–Crippen LogP) is 12.8. The summed E-state index contributed by atoms with van der Waals surface area (Å²) < 4.78 is 16.6. The van der Waals surface area contributed by atoms with Gasteiger partial charge in [-0.25, -0.2) is 0 Å². The second kappa shape index (κ2) is 39.2. The Labute approximate surface area is 307 Å². The Morgan fingerprint density at radius 1 is 0.420 bits per heavy atom. The molecular formula is C44H76O6. The van der Waals surface area contributed by atoms with Crippen LogP contribution < -0.4 is 0 Å². The molecule has 0 saturated carbocycles. The van der Waals surface area contributed by atoms with E-state index in [1.807, 2.05) is 0 Å². The molecular weight excluding hydrogens is 624 g/mol. The highest BCUT2D eigenvalue weighted by molar-refractivity contribution is 5.71. The quantitative estimate of drug-likeness (QED) is 0.0280. The second-order valence-electron chi connectivity index (χ2n) is 13.5. The average molecular weight is 701 g/mol. The summed E-state index contributed by atoms with van der Waals surface area (Å²) in [7, 11) is 0. The first-order chi connectivity index (χ1) is 24.5. The van der Waals surface area contributed by atoms with Crippen LogP contribution in [-0.4, -0.2) is 37.2 Å². The summed E-state index contributed by atoms with van der Waals surface area (Å²) in [5, 5.41) is 0. The number of hydrogen-bond donors (Lipinski definition) is 0. The normalized spacial score (nSPS) is 12.5. The van der Waals surface area contributed by atoms with Gasteiger partial charge in [-0.15, -0.1) is 0 Å². The van der Waals surface area contributed by atoms with Crippen molar-refractivity contribution in [2.45, 2.75) is 200 Å². The van der Waals surface area contributed by atoms with Crippen molar-refractivity contribution in [2.75, 3.05) is 13.2 Å². The van der Waals surface area contributed by atoms with Gasteiger partial charge in [0.2, 0.25) is 0 Å². The van der Waals surface area contributed by atoms with Gasteiger partial charge < -0.3 is 14.2 Å². The number of ether oxygens (including phenoxy) is 3. The SMILES string of the molecule is CC/C=C\C/C=C\C/C=C\CCCCCC(=O)OCC(COC(=O)CCCCCCCCC)OC(=O)CCCCCCC/C=C\CCCCC. The molecule has 6 heteroatoms. The number of allylic oxidation sites excluding steroid dienone is 8. The lowest BCUT2D eigenvalue weighted by molar-refractivity contribution is -0.167. The van der Waals surface area contributed by atoms with Crippen molar-refractivity contribution >= 4 is 17.9 Å². The van der Waals surface area contributed by atoms with Crippen molar-refractivity contribution < 1.29 is 28.6 Å². The molecule has 0 amide bonds. The summed E-state index contributed by atoms with van der Waals surface area (Å²) in [5.41, 5.74) is 0. The van der Waals surface area contributed by atoms with Crippen molar-refractivity contribution in [1.82, 2.24) is 0 Å². The molecule has 0 fully saturated rings. The lowest BCUT2D eigenvalue weighted by Gasteiger charge is -2.18. The van der Waals surface area contributed by atoms with E-state index in [4.69, 9.17) is 14.2 Å². The molecule has 0 aliphatic carbocycles. The fourth-order valence-electron chi connectivity index (χ4n) is 5.45. The number of carbonyl (C=O) groups is 3. The number of hydrogen-bond acceptors (Lipinski definition) is 6. The Balaban J connectivity index is 4.41. The molecule has 0 aromatic rings. The van der Waals surface area contributed by atoms with Gasteiger partial charge in [-0.2, -0.15) is 0 Å². The monoisotopic (exact) mass is 701 g/mol. The highest BCUT2D eigenvalue weighted by atomic mass is 16.6. The number of rotatable bonds is 36. The first kappa shape index (κ1) is 47.4. The lowest BCUT2D eigenvalue weighted by atomic mass is 10.1. The van der Waals surface area contributed by atoms with Crippen molar-refractivity contribution in [3.63, 3.8) is 0 Å². The third kappa shape index (κ3) is 36.6. The minimum atomic E-state index is -0.782. The van der Waals surface area contributed by atoms with Crippen LogP contribution in [0.1, 0.15) is 194 Å². The molecule has 0 aliphatic heterocycles. The van der Waals surface area contributed by atoms with Crippen LogP contribution in [0.15, 0.2) is 48.6 Å². The Kier molecular flexibility index (Phi) is 37.1. The van der Waals surface area contributed by atoms with Gasteiger partial charge in [0, 0.05) is 19.3 Å². The Hall–Kier alpha value is -2.63. The molecule has 0 aromatic heterocycles. The van der Waals surface area contributed by atoms with Crippen LogP contribution in [0, 0.1) is 0 Å². The van der Waals surface area contributed by atoms with E-state index >= 15 is 0 Å². The minimum Gasteiger partial charge on any atom is -0.462 e. The number of esters is 3. The molecule has 0 heterocycles. The lowest BCUT2D eigenvalue weighted by Crippen LogP contribution is -2.30. The van der Waals surface area contributed by atoms with Gasteiger partial charge in [-0.1, -0.05) is 146 Å². The van der Waals surface area contributed by atoms with Crippen LogP contribution in [-0.2, 0) is 28.6 Å². The summed E-state index contributed by atoms with van der Waals surface area (Å²) >= 11 is 0. The zero-order valence-corrected chi connectivity index (χ0v) is 32.7. The van der Waals surface area contributed by atoms with Crippen molar-refractivity contribution in [1.29, 1.82) is 0 Å². The maximum Gasteiger partial charge on any atom is 0.306 e. The van der Waals surface area contributed by atoms with E-state index < -0.39 is 6.10 Å². The molecule has 0 radical (unpaired) electrons. The van der Waals surface area contributed by atoms with Gasteiger partial charge in [0.25, 0.3) is 0 Å². The summed E-state index contributed by atoms with van der Waals surface area (Å²) in [6.45, 7) is 6.39. The highest BCUT2D eigenvalue weighted by Crippen LogP contribution is 2.12. The average Bonchev–Trinajstić information content (AvgIpc) is 3.11. The Morgan fingerprint density at radius 2 is 0.780 bits per heavy atom. The van der Waals surface area contributed by atoms with E-state index in [0.29, 0.717) is 19.3 Å². The fourth-order valence-corrected chi connectivity index (χ4v) is 5.45. The molecule has 0 rings (SSSR count). The first-order valence-corrected chi connectivity index (χ1v) is 20.6. The van der Waals surface area contributed by atoms with E-state index in [-0.39, 0.29) is 31.1 Å². The highest BCUT2D eigenvalue weighted by Gasteiger charge is 2.19. The first-order valence-electron chi connectivity index (χ1n) is 20.6. The molecule has 1 atom stereocenters. The van der Waals surface area contributed by atoms with Crippen molar-refractivity contribution in [3.05, 3.63) is 48.6 Å². The van der Waals surface area contributed by atoms with Crippen LogP contribution in [0.2, 0.25) is 0 Å². The molecule has 1 unspecified atom stereocenters. The molecule has 0 bridgehead atoms. The van der Waals surface area contributed by atoms with E-state index in [0.717, 1.165) is 96.3 Å². The van der Waals surface area contributed by atoms with Crippen LogP contribution in [0.3, 0.4) is 0 Å². The van der Waals surface area contributed by atoms with Gasteiger partial charge in [0.15, 0.2) is 6.10 Å². The number of unbranched alkanes of at least 4 members (excludes halogenated alkanes) is 17. The second-order valence-corrected chi connectivity index (χ2v) is 13.5. The van der Waals surface area contributed by atoms with Crippen LogP contribution in [0.25, 0.3) is 0 Å². The summed E-state index contributed by atoms with van der Waals surface area (Å²) in [5.74, 6) is -0.939. The molecule has 0 aliphatic rings. The van der Waals surface area contributed by atoms with E-state index in [1.165, 1.54) is 57.8 Å². The standard InChI is InChI=1S/C44H76O6/c1-4-7-10-13-16-18-20-22-24-25-28-31-34-37-43(46)49-40-41(39-48-42(45)36-33-30-27-15-12-9-6-3)50-44(47)38-35-32-29-26-23-21-19-17-14-11-8-5-2/h7,10,16-19,22,24,41H,4-6,8-9,11-15,20-21,23,25-40H2,1-3H3/b10-7-,18-16-,19-17-,24-22-.